The Balaban J connectivity index is 1.43. The van der Waals surface area contributed by atoms with Gasteiger partial charge in [-0.15, -0.1) is 10.2 Å². The molecule has 0 radical (unpaired) electrons. The smallest absolute Gasteiger partial charge is 0.196 e. The number of fused-ring (bicyclic) bond motifs is 1. The van der Waals surface area contributed by atoms with Crippen LogP contribution in [0.3, 0.4) is 0 Å². The van der Waals surface area contributed by atoms with Crippen LogP contribution in [0.5, 0.6) is 5.75 Å². The van der Waals surface area contributed by atoms with E-state index >= 15 is 0 Å². The van der Waals surface area contributed by atoms with E-state index in [1.165, 1.54) is 5.57 Å². The van der Waals surface area contributed by atoms with Crippen LogP contribution in [-0.2, 0) is 6.61 Å². The van der Waals surface area contributed by atoms with Gasteiger partial charge in [0.2, 0.25) is 0 Å². The molecule has 0 aliphatic heterocycles. The number of hydrogen-bond donors (Lipinski definition) is 0. The molecule has 164 valence electrons. The fourth-order valence-corrected chi connectivity index (χ4v) is 4.72. The second-order valence-electron chi connectivity index (χ2n) is 7.57. The van der Waals surface area contributed by atoms with Crippen LogP contribution in [0.2, 0.25) is 5.02 Å². The van der Waals surface area contributed by atoms with Gasteiger partial charge in [0.25, 0.3) is 0 Å². The second kappa shape index (κ2) is 10.1. The molecule has 0 spiro atoms. The first-order valence-electron chi connectivity index (χ1n) is 10.7. The van der Waals surface area contributed by atoms with Crippen LogP contribution in [0.1, 0.15) is 12.2 Å². The summed E-state index contributed by atoms with van der Waals surface area (Å²) in [6, 6.07) is 22.0. The Morgan fingerprint density at radius 2 is 1.79 bits per heavy atom. The van der Waals surface area contributed by atoms with Crippen LogP contribution in [0.4, 0.5) is 0 Å². The van der Waals surface area contributed by atoms with Gasteiger partial charge < -0.3 is 4.74 Å². The van der Waals surface area contributed by atoms with Gasteiger partial charge in [0.1, 0.15) is 12.4 Å². The van der Waals surface area contributed by atoms with E-state index in [9.17, 15) is 0 Å². The summed E-state index contributed by atoms with van der Waals surface area (Å²) in [5.74, 6) is 2.36. The van der Waals surface area contributed by atoms with Crippen molar-refractivity contribution in [1.82, 2.24) is 14.8 Å². The number of aromatic nitrogens is 3. The van der Waals surface area contributed by atoms with Crippen molar-refractivity contribution in [2.45, 2.75) is 18.2 Å². The summed E-state index contributed by atoms with van der Waals surface area (Å²) in [6.07, 6.45) is 11.7. The Morgan fingerprint density at radius 3 is 2.70 bits per heavy atom. The molecule has 1 aliphatic rings. The molecule has 1 aliphatic carbocycles. The molecule has 0 N–H and O–H groups in total. The highest BCUT2D eigenvalue weighted by Gasteiger charge is 2.16. The van der Waals surface area contributed by atoms with Crippen molar-refractivity contribution in [3.05, 3.63) is 114 Å². The van der Waals surface area contributed by atoms with Crippen molar-refractivity contribution in [3.63, 3.8) is 0 Å². The van der Waals surface area contributed by atoms with Crippen LogP contribution >= 0.6 is 23.4 Å². The zero-order chi connectivity index (χ0) is 22.5. The third kappa shape index (κ3) is 5.05. The third-order valence-electron chi connectivity index (χ3n) is 5.31. The van der Waals surface area contributed by atoms with E-state index in [1.807, 2.05) is 53.1 Å². The quantitative estimate of drug-likeness (QED) is 0.267. The largest absolute Gasteiger partial charge is 0.485 e. The number of allylic oxidation sites excluding steroid dienone is 5. The highest BCUT2D eigenvalue weighted by Crippen LogP contribution is 2.28. The molecule has 0 atom stereocenters. The SMILES string of the molecule is Clc1ccc(-n2c(COc3cccc4ccccc34)nnc2SCC2=CC=CCC=C2)cc1. The minimum atomic E-state index is 0.301. The Kier molecular flexibility index (Phi) is 6.61. The van der Waals surface area contributed by atoms with E-state index < -0.39 is 0 Å². The van der Waals surface area contributed by atoms with Gasteiger partial charge >= 0.3 is 0 Å². The molecule has 4 aromatic rings. The molecule has 6 heteroatoms. The van der Waals surface area contributed by atoms with E-state index in [-0.39, 0.29) is 0 Å². The molecule has 4 nitrogen and oxygen atoms in total. The number of ether oxygens (including phenoxy) is 1. The van der Waals surface area contributed by atoms with E-state index in [0.29, 0.717) is 11.6 Å². The first-order chi connectivity index (χ1) is 16.3. The molecule has 0 bridgehead atoms. The van der Waals surface area contributed by atoms with Gasteiger partial charge in [-0.2, -0.15) is 0 Å². The lowest BCUT2D eigenvalue weighted by molar-refractivity contribution is 0.296. The fourth-order valence-electron chi connectivity index (χ4n) is 3.67. The Hall–Kier alpha value is -3.28. The monoisotopic (exact) mass is 471 g/mol. The molecule has 0 fully saturated rings. The first kappa shape index (κ1) is 21.6. The van der Waals surface area contributed by atoms with E-state index in [1.54, 1.807) is 11.8 Å². The standard InChI is InChI=1S/C27H22ClN3OS/c28-22-14-16-23(17-15-22)31-26(18-32-25-13-7-11-21-10-5-6-12-24(21)25)29-30-27(31)33-19-20-8-3-1-2-4-9-20/h1,3-17H,2,18-19H2. The lowest BCUT2D eigenvalue weighted by atomic mass is 10.1. The molecular formula is C27H22ClN3OS. The summed E-state index contributed by atoms with van der Waals surface area (Å²) in [7, 11) is 0. The summed E-state index contributed by atoms with van der Waals surface area (Å²) in [4.78, 5) is 0. The van der Waals surface area contributed by atoms with Crippen molar-refractivity contribution in [2.24, 2.45) is 0 Å². The Bertz CT molecular complexity index is 1350. The van der Waals surface area contributed by atoms with Crippen LogP contribution in [0.25, 0.3) is 16.5 Å². The van der Waals surface area contributed by atoms with Crippen LogP contribution < -0.4 is 4.74 Å². The van der Waals surface area contributed by atoms with Crippen LogP contribution in [0.15, 0.2) is 108 Å². The van der Waals surface area contributed by atoms with Crippen LogP contribution in [0, 0.1) is 0 Å². The third-order valence-corrected chi connectivity index (χ3v) is 6.56. The first-order valence-corrected chi connectivity index (χ1v) is 12.1. The summed E-state index contributed by atoms with van der Waals surface area (Å²) >= 11 is 7.79. The van der Waals surface area contributed by atoms with Crippen LogP contribution in [-0.4, -0.2) is 20.5 Å². The molecule has 0 saturated heterocycles. The number of hydrogen-bond acceptors (Lipinski definition) is 4. The summed E-state index contributed by atoms with van der Waals surface area (Å²) in [6.45, 7) is 0.301. The fraction of sp³-hybridized carbons (Fsp3) is 0.111. The lowest BCUT2D eigenvalue weighted by Gasteiger charge is -2.12. The zero-order valence-electron chi connectivity index (χ0n) is 17.9. The van der Waals surface area contributed by atoms with Gasteiger partial charge in [-0.3, -0.25) is 4.57 Å². The molecule has 1 heterocycles. The highest BCUT2D eigenvalue weighted by atomic mass is 35.5. The average molecular weight is 472 g/mol. The Labute approximate surface area is 202 Å². The van der Waals surface area contributed by atoms with Crippen molar-refractivity contribution in [1.29, 1.82) is 0 Å². The van der Waals surface area contributed by atoms with Crippen molar-refractivity contribution >= 4 is 34.1 Å². The molecular weight excluding hydrogens is 450 g/mol. The molecule has 0 unspecified atom stereocenters. The van der Waals surface area contributed by atoms with Crippen molar-refractivity contribution < 1.29 is 4.74 Å². The highest BCUT2D eigenvalue weighted by molar-refractivity contribution is 7.99. The molecule has 1 aromatic heterocycles. The molecule has 0 saturated carbocycles. The maximum Gasteiger partial charge on any atom is 0.196 e. The zero-order valence-corrected chi connectivity index (χ0v) is 19.5. The normalized spacial score (nSPS) is 13.2. The van der Waals surface area contributed by atoms with Gasteiger partial charge in [-0.05, 0) is 47.7 Å². The van der Waals surface area contributed by atoms with E-state index in [2.05, 4.69) is 58.8 Å². The number of rotatable bonds is 7. The minimum Gasteiger partial charge on any atom is -0.485 e. The lowest BCUT2D eigenvalue weighted by Crippen LogP contribution is -2.07. The average Bonchev–Trinajstić information content (AvgIpc) is 3.06. The van der Waals surface area contributed by atoms with E-state index in [4.69, 9.17) is 16.3 Å². The van der Waals surface area contributed by atoms with Crippen molar-refractivity contribution in [2.75, 3.05) is 5.75 Å². The predicted octanol–water partition coefficient (Wildman–Crippen LogP) is 7.19. The topological polar surface area (TPSA) is 39.9 Å². The maximum absolute atomic E-state index is 6.23. The minimum absolute atomic E-state index is 0.301. The number of nitrogens with zero attached hydrogens (tertiary/aromatic N) is 3. The number of benzene rings is 3. The molecule has 5 rings (SSSR count). The van der Waals surface area contributed by atoms with Gasteiger partial charge in [-0.1, -0.05) is 90.1 Å². The molecule has 0 amide bonds. The summed E-state index contributed by atoms with van der Waals surface area (Å²) < 4.78 is 8.27. The number of thioether (sulfide) groups is 1. The van der Waals surface area contributed by atoms with Gasteiger partial charge in [-0.25, -0.2) is 0 Å². The second-order valence-corrected chi connectivity index (χ2v) is 8.95. The summed E-state index contributed by atoms with van der Waals surface area (Å²) in [5, 5.41) is 12.7. The molecule has 3 aromatic carbocycles. The maximum atomic E-state index is 6.23. The summed E-state index contributed by atoms with van der Waals surface area (Å²) in [5.41, 5.74) is 2.20. The Morgan fingerprint density at radius 1 is 0.939 bits per heavy atom. The van der Waals surface area contributed by atoms with Crippen molar-refractivity contribution in [3.8, 4) is 11.4 Å². The van der Waals surface area contributed by atoms with Gasteiger partial charge in [0.05, 0.1) is 0 Å². The van der Waals surface area contributed by atoms with Gasteiger partial charge in [0, 0.05) is 21.8 Å². The van der Waals surface area contributed by atoms with E-state index in [0.717, 1.165) is 45.4 Å². The predicted molar refractivity (Wildman–Crippen MR) is 136 cm³/mol. The van der Waals surface area contributed by atoms with Gasteiger partial charge in [0.15, 0.2) is 11.0 Å². The molecule has 33 heavy (non-hydrogen) atoms. The number of halogens is 1.